The van der Waals surface area contributed by atoms with Crippen molar-refractivity contribution >= 4 is 21.9 Å². The lowest BCUT2D eigenvalue weighted by molar-refractivity contribution is 0.0694. The van der Waals surface area contributed by atoms with Gasteiger partial charge < -0.3 is 9.67 Å². The van der Waals surface area contributed by atoms with Crippen LogP contribution in [0.25, 0.3) is 0 Å². The number of aromatic nitrogens is 2. The molecule has 0 unspecified atom stereocenters. The van der Waals surface area contributed by atoms with E-state index in [4.69, 9.17) is 5.11 Å². The minimum Gasteiger partial charge on any atom is -0.477 e. The minimum atomic E-state index is -1.22. The van der Waals surface area contributed by atoms with Crippen LogP contribution in [0.2, 0.25) is 0 Å². The fourth-order valence-corrected chi connectivity index (χ4v) is 1.73. The number of carboxylic acids is 1. The SMILES string of the molecule is O=C(O)c1cccn(Cc2ccc(Br)cn2)c1=O. The van der Waals surface area contributed by atoms with Crippen LogP contribution in [0.1, 0.15) is 16.1 Å². The van der Waals surface area contributed by atoms with Gasteiger partial charge in [-0.3, -0.25) is 9.78 Å². The topological polar surface area (TPSA) is 72.2 Å². The van der Waals surface area contributed by atoms with Crippen LogP contribution in [0, 0.1) is 0 Å². The standard InChI is InChI=1S/C12H9BrN2O3/c13-8-3-4-9(14-6-8)7-15-5-1-2-10(11(15)16)12(17)18/h1-6H,7H2,(H,17,18). The average Bonchev–Trinajstić information content (AvgIpc) is 2.34. The van der Waals surface area contributed by atoms with E-state index in [0.29, 0.717) is 5.69 Å². The van der Waals surface area contributed by atoms with Crippen molar-refractivity contribution in [1.82, 2.24) is 9.55 Å². The largest absolute Gasteiger partial charge is 0.477 e. The first-order chi connectivity index (χ1) is 8.58. The van der Waals surface area contributed by atoms with Gasteiger partial charge in [0.2, 0.25) is 0 Å². The highest BCUT2D eigenvalue weighted by Crippen LogP contribution is 2.08. The molecule has 6 heteroatoms. The van der Waals surface area contributed by atoms with Gasteiger partial charge in [-0.15, -0.1) is 0 Å². The van der Waals surface area contributed by atoms with Crippen molar-refractivity contribution in [2.75, 3.05) is 0 Å². The third-order valence-corrected chi connectivity index (χ3v) is 2.84. The minimum absolute atomic E-state index is 0.241. The molecule has 0 bridgehead atoms. The van der Waals surface area contributed by atoms with Crippen LogP contribution < -0.4 is 5.56 Å². The first kappa shape index (κ1) is 12.5. The van der Waals surface area contributed by atoms with Crippen molar-refractivity contribution in [3.8, 4) is 0 Å². The highest BCUT2D eigenvalue weighted by atomic mass is 79.9. The van der Waals surface area contributed by atoms with Crippen LogP contribution in [-0.2, 0) is 6.54 Å². The zero-order valence-electron chi connectivity index (χ0n) is 9.21. The number of hydrogen-bond donors (Lipinski definition) is 1. The summed E-state index contributed by atoms with van der Waals surface area (Å²) < 4.78 is 2.16. The molecular formula is C12H9BrN2O3. The Morgan fingerprint density at radius 1 is 1.39 bits per heavy atom. The van der Waals surface area contributed by atoms with Gasteiger partial charge in [0, 0.05) is 16.9 Å². The maximum Gasteiger partial charge on any atom is 0.341 e. The van der Waals surface area contributed by atoms with Crippen LogP contribution in [0.4, 0.5) is 0 Å². The van der Waals surface area contributed by atoms with E-state index in [-0.39, 0.29) is 12.1 Å². The maximum absolute atomic E-state index is 11.8. The molecule has 0 saturated carbocycles. The Labute approximate surface area is 111 Å². The molecule has 0 aliphatic carbocycles. The summed E-state index contributed by atoms with van der Waals surface area (Å²) in [7, 11) is 0. The molecule has 18 heavy (non-hydrogen) atoms. The number of carboxylic acid groups (broad SMARTS) is 1. The molecule has 0 atom stereocenters. The quantitative estimate of drug-likeness (QED) is 0.937. The Bertz CT molecular complexity index is 635. The van der Waals surface area contributed by atoms with Crippen LogP contribution in [0.3, 0.4) is 0 Å². The highest BCUT2D eigenvalue weighted by molar-refractivity contribution is 9.10. The monoisotopic (exact) mass is 308 g/mol. The van der Waals surface area contributed by atoms with Crippen molar-refractivity contribution in [3.05, 3.63) is 62.7 Å². The zero-order valence-corrected chi connectivity index (χ0v) is 10.8. The predicted octanol–water partition coefficient (Wildman–Crippen LogP) is 1.75. The van der Waals surface area contributed by atoms with E-state index in [0.717, 1.165) is 4.47 Å². The summed E-state index contributed by atoms with van der Waals surface area (Å²) in [6.07, 6.45) is 3.17. The first-order valence-electron chi connectivity index (χ1n) is 5.11. The maximum atomic E-state index is 11.8. The van der Waals surface area contributed by atoms with E-state index in [1.54, 1.807) is 18.5 Å². The Morgan fingerprint density at radius 3 is 2.78 bits per heavy atom. The predicted molar refractivity (Wildman–Crippen MR) is 68.7 cm³/mol. The van der Waals surface area contributed by atoms with E-state index >= 15 is 0 Å². The number of rotatable bonds is 3. The summed E-state index contributed by atoms with van der Waals surface area (Å²) in [5.41, 5.74) is -0.0906. The van der Waals surface area contributed by atoms with Gasteiger partial charge in [-0.25, -0.2) is 4.79 Å². The van der Waals surface area contributed by atoms with E-state index in [2.05, 4.69) is 20.9 Å². The van der Waals surface area contributed by atoms with Crippen LogP contribution in [-0.4, -0.2) is 20.6 Å². The Hall–Kier alpha value is -1.95. The second-order valence-electron chi connectivity index (χ2n) is 3.63. The van der Waals surface area contributed by atoms with Crippen LogP contribution in [0.15, 0.2) is 45.9 Å². The Balaban J connectivity index is 2.35. The van der Waals surface area contributed by atoms with Crippen LogP contribution >= 0.6 is 15.9 Å². The van der Waals surface area contributed by atoms with E-state index in [1.165, 1.54) is 16.7 Å². The normalized spacial score (nSPS) is 10.3. The molecule has 2 aromatic rings. The number of carbonyl (C=O) groups is 1. The van der Waals surface area contributed by atoms with E-state index < -0.39 is 11.5 Å². The molecule has 0 amide bonds. The van der Waals surface area contributed by atoms with E-state index in [9.17, 15) is 9.59 Å². The molecule has 92 valence electrons. The lowest BCUT2D eigenvalue weighted by atomic mass is 10.2. The van der Waals surface area contributed by atoms with Gasteiger partial charge in [0.15, 0.2) is 0 Å². The van der Waals surface area contributed by atoms with Crippen LogP contribution in [0.5, 0.6) is 0 Å². The Morgan fingerprint density at radius 2 is 2.17 bits per heavy atom. The van der Waals surface area contributed by atoms with Crippen molar-refractivity contribution in [2.45, 2.75) is 6.54 Å². The molecule has 0 saturated heterocycles. The fourth-order valence-electron chi connectivity index (χ4n) is 1.50. The number of aromatic carboxylic acids is 1. The molecular weight excluding hydrogens is 300 g/mol. The van der Waals surface area contributed by atoms with Gasteiger partial charge in [-0.1, -0.05) is 0 Å². The smallest absolute Gasteiger partial charge is 0.341 e. The van der Waals surface area contributed by atoms with Gasteiger partial charge in [-0.05, 0) is 40.2 Å². The third kappa shape index (κ3) is 2.65. The second-order valence-corrected chi connectivity index (χ2v) is 4.54. The number of pyridine rings is 2. The molecule has 2 heterocycles. The fraction of sp³-hybridized carbons (Fsp3) is 0.0833. The van der Waals surface area contributed by atoms with Crippen molar-refractivity contribution < 1.29 is 9.90 Å². The molecule has 2 aromatic heterocycles. The molecule has 2 rings (SSSR count). The summed E-state index contributed by atoms with van der Waals surface area (Å²) in [5.74, 6) is -1.22. The third-order valence-electron chi connectivity index (χ3n) is 2.37. The van der Waals surface area contributed by atoms with Gasteiger partial charge in [0.1, 0.15) is 5.56 Å². The number of halogens is 1. The molecule has 0 fully saturated rings. The van der Waals surface area contributed by atoms with Gasteiger partial charge in [0.05, 0.1) is 12.2 Å². The lowest BCUT2D eigenvalue weighted by Crippen LogP contribution is -2.26. The number of nitrogens with zero attached hydrogens (tertiary/aromatic N) is 2. The molecule has 0 aliphatic heterocycles. The van der Waals surface area contributed by atoms with Gasteiger partial charge >= 0.3 is 5.97 Å². The molecule has 0 aromatic carbocycles. The molecule has 0 aliphatic rings. The summed E-state index contributed by atoms with van der Waals surface area (Å²) in [5, 5.41) is 8.86. The van der Waals surface area contributed by atoms with Gasteiger partial charge in [-0.2, -0.15) is 0 Å². The summed E-state index contributed by atoms with van der Waals surface area (Å²) >= 11 is 3.27. The molecule has 0 radical (unpaired) electrons. The Kier molecular flexibility index (Phi) is 3.57. The average molecular weight is 309 g/mol. The highest BCUT2D eigenvalue weighted by Gasteiger charge is 2.10. The first-order valence-corrected chi connectivity index (χ1v) is 5.90. The van der Waals surface area contributed by atoms with Crippen molar-refractivity contribution in [3.63, 3.8) is 0 Å². The molecule has 1 N–H and O–H groups in total. The zero-order chi connectivity index (χ0) is 13.1. The second kappa shape index (κ2) is 5.14. The van der Waals surface area contributed by atoms with Crippen molar-refractivity contribution in [2.24, 2.45) is 0 Å². The lowest BCUT2D eigenvalue weighted by Gasteiger charge is -2.05. The molecule has 5 nitrogen and oxygen atoms in total. The number of hydrogen-bond acceptors (Lipinski definition) is 3. The summed E-state index contributed by atoms with van der Waals surface area (Å²) in [6.45, 7) is 0.243. The summed E-state index contributed by atoms with van der Waals surface area (Å²) in [6, 6.07) is 6.40. The molecule has 0 spiro atoms. The van der Waals surface area contributed by atoms with Crippen molar-refractivity contribution in [1.29, 1.82) is 0 Å². The summed E-state index contributed by atoms with van der Waals surface area (Å²) in [4.78, 5) is 26.8. The van der Waals surface area contributed by atoms with Gasteiger partial charge in [0.25, 0.3) is 5.56 Å². The van der Waals surface area contributed by atoms with E-state index in [1.807, 2.05) is 6.07 Å².